The summed E-state index contributed by atoms with van der Waals surface area (Å²) in [6.07, 6.45) is -1.71. The molecule has 0 aliphatic heterocycles. The molecule has 0 amide bonds. The van der Waals surface area contributed by atoms with E-state index in [0.29, 0.717) is 11.3 Å². The number of esters is 2. The molecule has 0 bridgehead atoms. The van der Waals surface area contributed by atoms with E-state index in [1.54, 1.807) is 48.5 Å². The maximum Gasteiger partial charge on any atom is 0.338 e. The summed E-state index contributed by atoms with van der Waals surface area (Å²) in [4.78, 5) is 22.9. The molecule has 0 atom stereocenters. The Morgan fingerprint density at radius 3 is 1.81 bits per heavy atom. The van der Waals surface area contributed by atoms with Crippen molar-refractivity contribution in [2.75, 3.05) is 0 Å². The molecule has 3 aromatic carbocycles. The Balaban J connectivity index is 1.72. The third kappa shape index (κ3) is 7.28. The van der Waals surface area contributed by atoms with Crippen molar-refractivity contribution in [2.24, 2.45) is 0 Å². The van der Waals surface area contributed by atoms with Gasteiger partial charge >= 0.3 is 11.9 Å². The van der Waals surface area contributed by atoms with Gasteiger partial charge < -0.3 is 9.47 Å². The monoisotopic (exact) mass is 482 g/mol. The fraction of sp³-hybridized carbons (Fsp3) is 0.0667. The molecular formula is C30H20F2O4. The molecule has 0 aromatic heterocycles. The fourth-order valence-corrected chi connectivity index (χ4v) is 2.78. The fourth-order valence-electron chi connectivity index (χ4n) is 2.78. The number of halogens is 2. The number of benzene rings is 3. The van der Waals surface area contributed by atoms with Crippen molar-refractivity contribution in [3.8, 4) is 35.2 Å². The summed E-state index contributed by atoms with van der Waals surface area (Å²) in [6.45, 7) is 8.28. The van der Waals surface area contributed by atoms with E-state index in [4.69, 9.17) is 9.47 Å². The second-order valence-corrected chi connectivity index (χ2v) is 7.45. The van der Waals surface area contributed by atoms with Crippen LogP contribution in [0, 0.1) is 23.7 Å². The zero-order valence-corrected chi connectivity index (χ0v) is 19.3. The number of hydrogen-bond acceptors (Lipinski definition) is 4. The lowest BCUT2D eigenvalue weighted by Gasteiger charge is -2.08. The summed E-state index contributed by atoms with van der Waals surface area (Å²) in [5.41, 5.74) is 2.05. The molecule has 0 aliphatic carbocycles. The van der Waals surface area contributed by atoms with E-state index in [9.17, 15) is 18.4 Å². The first-order chi connectivity index (χ1) is 17.2. The molecular weight excluding hydrogens is 462 g/mol. The minimum absolute atomic E-state index is 0.000745. The average Bonchev–Trinajstić information content (AvgIpc) is 2.87. The van der Waals surface area contributed by atoms with Gasteiger partial charge in [-0.2, -0.15) is 0 Å². The molecule has 0 radical (unpaired) electrons. The lowest BCUT2D eigenvalue weighted by atomic mass is 10.1. The van der Waals surface area contributed by atoms with E-state index < -0.39 is 18.4 Å². The van der Waals surface area contributed by atoms with Crippen molar-refractivity contribution >= 4 is 11.9 Å². The standard InChI is InChI=1S/C30H20F2O4/c1-4-28(33)35-25-16-12-23(13-17-25)10-7-21-5-8-22(9-6-21)11-14-24-15-18-26(19-27(24)29(31)32)36-30(34)20(2)3/h4-6,8-9,12-13,15-19,29H,1-2H2,3H3. The minimum Gasteiger partial charge on any atom is -0.423 e. The molecule has 4 nitrogen and oxygen atoms in total. The molecule has 0 saturated carbocycles. The summed E-state index contributed by atoms with van der Waals surface area (Å²) in [5.74, 6) is 10.8. The number of ether oxygens (including phenoxy) is 2. The smallest absolute Gasteiger partial charge is 0.338 e. The lowest BCUT2D eigenvalue weighted by molar-refractivity contribution is -0.130. The van der Waals surface area contributed by atoms with Gasteiger partial charge in [-0.15, -0.1) is 0 Å². The van der Waals surface area contributed by atoms with E-state index in [-0.39, 0.29) is 22.4 Å². The van der Waals surface area contributed by atoms with Crippen LogP contribution in [0.1, 0.15) is 41.2 Å². The average molecular weight is 482 g/mol. The molecule has 0 spiro atoms. The molecule has 0 aliphatic rings. The van der Waals surface area contributed by atoms with E-state index in [2.05, 4.69) is 36.8 Å². The van der Waals surface area contributed by atoms with Gasteiger partial charge in [0.2, 0.25) is 0 Å². The lowest BCUT2D eigenvalue weighted by Crippen LogP contribution is -2.08. The van der Waals surface area contributed by atoms with Gasteiger partial charge in [0.15, 0.2) is 0 Å². The molecule has 3 aromatic rings. The van der Waals surface area contributed by atoms with Crippen LogP contribution in [-0.4, -0.2) is 11.9 Å². The van der Waals surface area contributed by atoms with Crippen LogP contribution >= 0.6 is 0 Å². The zero-order chi connectivity index (χ0) is 26.1. The highest BCUT2D eigenvalue weighted by Crippen LogP contribution is 2.27. The Labute approximate surface area is 207 Å². The molecule has 0 saturated heterocycles. The van der Waals surface area contributed by atoms with Crippen molar-refractivity contribution < 1.29 is 27.8 Å². The molecule has 0 heterocycles. The Kier molecular flexibility index (Phi) is 8.54. The van der Waals surface area contributed by atoms with Crippen molar-refractivity contribution in [1.29, 1.82) is 0 Å². The van der Waals surface area contributed by atoms with Crippen LogP contribution in [0.25, 0.3) is 0 Å². The van der Waals surface area contributed by atoms with Gasteiger partial charge in [0.05, 0.1) is 0 Å². The number of carbonyl (C=O) groups excluding carboxylic acids is 2. The van der Waals surface area contributed by atoms with Gasteiger partial charge in [0, 0.05) is 39.5 Å². The van der Waals surface area contributed by atoms with Crippen LogP contribution in [0.3, 0.4) is 0 Å². The Morgan fingerprint density at radius 2 is 1.31 bits per heavy atom. The molecule has 178 valence electrons. The Morgan fingerprint density at radius 1 is 0.806 bits per heavy atom. The van der Waals surface area contributed by atoms with Gasteiger partial charge in [-0.1, -0.05) is 36.8 Å². The van der Waals surface area contributed by atoms with E-state index in [0.717, 1.165) is 23.3 Å². The molecule has 0 unspecified atom stereocenters. The molecule has 0 fully saturated rings. The number of alkyl halides is 2. The van der Waals surface area contributed by atoms with Crippen LogP contribution < -0.4 is 9.47 Å². The maximum atomic E-state index is 13.5. The van der Waals surface area contributed by atoms with Gasteiger partial charge in [-0.05, 0) is 73.7 Å². The summed E-state index contributed by atoms with van der Waals surface area (Å²) < 4.78 is 37.1. The van der Waals surface area contributed by atoms with Gasteiger partial charge in [0.25, 0.3) is 6.43 Å². The summed E-state index contributed by atoms with van der Waals surface area (Å²) in [6, 6.07) is 17.6. The molecule has 0 N–H and O–H groups in total. The zero-order valence-electron chi connectivity index (χ0n) is 19.3. The van der Waals surface area contributed by atoms with Crippen molar-refractivity contribution in [3.05, 3.63) is 119 Å². The van der Waals surface area contributed by atoms with Gasteiger partial charge in [0.1, 0.15) is 11.5 Å². The number of hydrogen-bond donors (Lipinski definition) is 0. The SMILES string of the molecule is C=CC(=O)Oc1ccc(C#Cc2ccc(C#Cc3ccc(OC(=O)C(=C)C)cc3C(F)F)cc2)cc1. The predicted octanol–water partition coefficient (Wildman–Crippen LogP) is 6.00. The highest BCUT2D eigenvalue weighted by atomic mass is 19.3. The minimum atomic E-state index is -2.79. The Bertz CT molecular complexity index is 1430. The van der Waals surface area contributed by atoms with Crippen LogP contribution in [0.2, 0.25) is 0 Å². The van der Waals surface area contributed by atoms with Crippen LogP contribution in [0.5, 0.6) is 11.5 Å². The third-order valence-electron chi connectivity index (χ3n) is 4.63. The quantitative estimate of drug-likeness (QED) is 0.194. The molecule has 6 heteroatoms. The third-order valence-corrected chi connectivity index (χ3v) is 4.63. The van der Waals surface area contributed by atoms with Crippen molar-refractivity contribution in [1.82, 2.24) is 0 Å². The second kappa shape index (κ2) is 12.0. The van der Waals surface area contributed by atoms with E-state index >= 15 is 0 Å². The summed E-state index contributed by atoms with van der Waals surface area (Å²) in [5, 5.41) is 0. The topological polar surface area (TPSA) is 52.6 Å². The van der Waals surface area contributed by atoms with Crippen LogP contribution in [0.15, 0.2) is 91.5 Å². The van der Waals surface area contributed by atoms with Crippen LogP contribution in [-0.2, 0) is 9.59 Å². The van der Waals surface area contributed by atoms with Crippen LogP contribution in [0.4, 0.5) is 8.78 Å². The van der Waals surface area contributed by atoms with Crippen molar-refractivity contribution in [3.63, 3.8) is 0 Å². The maximum absolute atomic E-state index is 13.5. The summed E-state index contributed by atoms with van der Waals surface area (Å²) >= 11 is 0. The first kappa shape index (κ1) is 25.7. The molecule has 36 heavy (non-hydrogen) atoms. The first-order valence-electron chi connectivity index (χ1n) is 10.6. The van der Waals surface area contributed by atoms with Gasteiger partial charge in [-0.25, -0.2) is 18.4 Å². The van der Waals surface area contributed by atoms with E-state index in [1.165, 1.54) is 19.1 Å². The first-order valence-corrected chi connectivity index (χ1v) is 10.6. The van der Waals surface area contributed by atoms with E-state index in [1.807, 2.05) is 0 Å². The Hall–Kier alpha value is -4.94. The normalized spacial score (nSPS) is 9.78. The second-order valence-electron chi connectivity index (χ2n) is 7.45. The highest BCUT2D eigenvalue weighted by molar-refractivity contribution is 5.88. The van der Waals surface area contributed by atoms with Crippen molar-refractivity contribution in [2.45, 2.75) is 13.3 Å². The number of carbonyl (C=O) groups is 2. The summed E-state index contributed by atoms with van der Waals surface area (Å²) in [7, 11) is 0. The van der Waals surface area contributed by atoms with Gasteiger partial charge in [-0.3, -0.25) is 0 Å². The molecule has 3 rings (SSSR count). The number of rotatable bonds is 5. The largest absolute Gasteiger partial charge is 0.423 e. The highest BCUT2D eigenvalue weighted by Gasteiger charge is 2.15. The predicted molar refractivity (Wildman–Crippen MR) is 133 cm³/mol.